The highest BCUT2D eigenvalue weighted by Gasteiger charge is 2.22. The van der Waals surface area contributed by atoms with Gasteiger partial charge in [-0.05, 0) is 24.8 Å². The molecule has 1 saturated heterocycles. The summed E-state index contributed by atoms with van der Waals surface area (Å²) >= 11 is 0. The van der Waals surface area contributed by atoms with E-state index in [2.05, 4.69) is 31.3 Å². The van der Waals surface area contributed by atoms with Crippen molar-refractivity contribution in [2.24, 2.45) is 5.92 Å². The van der Waals surface area contributed by atoms with E-state index in [-0.39, 0.29) is 18.0 Å². The van der Waals surface area contributed by atoms with Crippen LogP contribution in [0.15, 0.2) is 30.3 Å². The van der Waals surface area contributed by atoms with Gasteiger partial charge in [-0.2, -0.15) is 0 Å². The number of ether oxygens (including phenoxy) is 2. The Morgan fingerprint density at radius 2 is 2.17 bits per heavy atom. The minimum absolute atomic E-state index is 0.00194. The van der Waals surface area contributed by atoms with Crippen molar-refractivity contribution in [1.82, 2.24) is 10.2 Å². The van der Waals surface area contributed by atoms with Crippen LogP contribution in [0.2, 0.25) is 0 Å². The maximum atomic E-state index is 12.3. The first-order chi connectivity index (χ1) is 11.2. The zero-order valence-corrected chi connectivity index (χ0v) is 14.2. The molecule has 5 heteroatoms. The van der Waals surface area contributed by atoms with Crippen LogP contribution in [0, 0.1) is 5.92 Å². The fraction of sp³-hybridized carbons (Fsp3) is 0.611. The third-order valence-electron chi connectivity index (χ3n) is 4.07. The Kier molecular flexibility index (Phi) is 7.36. The van der Waals surface area contributed by atoms with E-state index < -0.39 is 0 Å². The molecule has 0 aliphatic carbocycles. The van der Waals surface area contributed by atoms with Gasteiger partial charge in [-0.15, -0.1) is 0 Å². The van der Waals surface area contributed by atoms with Crippen molar-refractivity contribution in [1.29, 1.82) is 0 Å². The second kappa shape index (κ2) is 9.53. The summed E-state index contributed by atoms with van der Waals surface area (Å²) in [6.07, 6.45) is 0.892. The first-order valence-electron chi connectivity index (χ1n) is 8.40. The van der Waals surface area contributed by atoms with Gasteiger partial charge in [0.05, 0.1) is 19.8 Å². The molecule has 5 nitrogen and oxygen atoms in total. The molecule has 1 aliphatic rings. The van der Waals surface area contributed by atoms with Gasteiger partial charge in [-0.1, -0.05) is 37.3 Å². The SMILES string of the molecule is C[C@H](CNC(=O)N1CCOCC[C@@H]1C)COCc1ccccc1. The number of amides is 2. The van der Waals surface area contributed by atoms with Gasteiger partial charge in [0.25, 0.3) is 0 Å². The third-order valence-corrected chi connectivity index (χ3v) is 4.07. The molecule has 1 aromatic rings. The van der Waals surface area contributed by atoms with Crippen LogP contribution in [0.3, 0.4) is 0 Å². The topological polar surface area (TPSA) is 50.8 Å². The average molecular weight is 320 g/mol. The molecule has 2 amide bonds. The molecule has 1 aromatic carbocycles. The van der Waals surface area contributed by atoms with Crippen LogP contribution in [0.1, 0.15) is 25.8 Å². The summed E-state index contributed by atoms with van der Waals surface area (Å²) in [4.78, 5) is 14.1. The molecule has 1 fully saturated rings. The zero-order chi connectivity index (χ0) is 16.5. The number of hydrogen-bond acceptors (Lipinski definition) is 3. The highest BCUT2D eigenvalue weighted by Crippen LogP contribution is 2.09. The molecule has 0 spiro atoms. The Labute approximate surface area is 139 Å². The van der Waals surface area contributed by atoms with Crippen LogP contribution in [-0.2, 0) is 16.1 Å². The van der Waals surface area contributed by atoms with Crippen molar-refractivity contribution >= 4 is 6.03 Å². The van der Waals surface area contributed by atoms with Gasteiger partial charge in [-0.3, -0.25) is 0 Å². The molecule has 1 heterocycles. The maximum Gasteiger partial charge on any atom is 0.317 e. The lowest BCUT2D eigenvalue weighted by Crippen LogP contribution is -2.46. The number of carbonyl (C=O) groups excluding carboxylic acids is 1. The highest BCUT2D eigenvalue weighted by molar-refractivity contribution is 5.74. The van der Waals surface area contributed by atoms with Gasteiger partial charge >= 0.3 is 6.03 Å². The van der Waals surface area contributed by atoms with E-state index in [0.29, 0.717) is 32.9 Å². The van der Waals surface area contributed by atoms with Crippen molar-refractivity contribution < 1.29 is 14.3 Å². The van der Waals surface area contributed by atoms with E-state index in [1.54, 1.807) is 0 Å². The first-order valence-corrected chi connectivity index (χ1v) is 8.40. The van der Waals surface area contributed by atoms with Crippen molar-refractivity contribution in [2.75, 3.05) is 32.9 Å². The summed E-state index contributed by atoms with van der Waals surface area (Å²) in [6, 6.07) is 10.3. The second-order valence-electron chi connectivity index (χ2n) is 6.24. The molecule has 1 N–H and O–H groups in total. The quantitative estimate of drug-likeness (QED) is 0.877. The fourth-order valence-corrected chi connectivity index (χ4v) is 2.57. The number of rotatable bonds is 6. The molecule has 0 unspecified atom stereocenters. The van der Waals surface area contributed by atoms with Crippen molar-refractivity contribution in [3.8, 4) is 0 Å². The zero-order valence-electron chi connectivity index (χ0n) is 14.2. The van der Waals surface area contributed by atoms with Crippen LogP contribution in [0.4, 0.5) is 4.79 Å². The number of hydrogen-bond donors (Lipinski definition) is 1. The molecule has 2 atom stereocenters. The van der Waals surface area contributed by atoms with Crippen LogP contribution in [0.25, 0.3) is 0 Å². The predicted molar refractivity (Wildman–Crippen MR) is 90.3 cm³/mol. The monoisotopic (exact) mass is 320 g/mol. The number of urea groups is 1. The molecule has 0 radical (unpaired) electrons. The number of nitrogens with zero attached hydrogens (tertiary/aromatic N) is 1. The van der Waals surface area contributed by atoms with E-state index in [1.807, 2.05) is 23.1 Å². The lowest BCUT2D eigenvalue weighted by molar-refractivity contribution is 0.0913. The van der Waals surface area contributed by atoms with Crippen LogP contribution in [0.5, 0.6) is 0 Å². The summed E-state index contributed by atoms with van der Waals surface area (Å²) in [7, 11) is 0. The summed E-state index contributed by atoms with van der Waals surface area (Å²) < 4.78 is 11.1. The van der Waals surface area contributed by atoms with E-state index in [1.165, 1.54) is 5.56 Å². The molecule has 0 saturated carbocycles. The normalized spacial score (nSPS) is 19.9. The number of carbonyl (C=O) groups is 1. The number of nitrogens with one attached hydrogen (secondary N) is 1. The van der Waals surface area contributed by atoms with Crippen molar-refractivity contribution in [3.05, 3.63) is 35.9 Å². The van der Waals surface area contributed by atoms with Crippen LogP contribution in [-0.4, -0.2) is 49.9 Å². The lowest BCUT2D eigenvalue weighted by atomic mass is 10.2. The maximum absolute atomic E-state index is 12.3. The molecule has 2 rings (SSSR count). The number of benzene rings is 1. The first kappa shape index (κ1) is 17.8. The van der Waals surface area contributed by atoms with Gasteiger partial charge in [0.2, 0.25) is 0 Å². The van der Waals surface area contributed by atoms with Gasteiger partial charge < -0.3 is 19.7 Å². The molecule has 128 valence electrons. The average Bonchev–Trinajstić information content (AvgIpc) is 2.78. The van der Waals surface area contributed by atoms with Crippen molar-refractivity contribution in [3.63, 3.8) is 0 Å². The van der Waals surface area contributed by atoms with Gasteiger partial charge in [0.1, 0.15) is 0 Å². The third kappa shape index (κ3) is 6.20. The van der Waals surface area contributed by atoms with E-state index in [9.17, 15) is 4.79 Å². The molecular weight excluding hydrogens is 292 g/mol. The Bertz CT molecular complexity index is 467. The Morgan fingerprint density at radius 1 is 1.39 bits per heavy atom. The van der Waals surface area contributed by atoms with Crippen LogP contribution >= 0.6 is 0 Å². The standard InChI is InChI=1S/C18H28N2O3/c1-15(13-23-14-17-6-4-3-5-7-17)12-19-18(21)20-9-11-22-10-8-16(20)2/h3-7,15-16H,8-14H2,1-2H3,(H,19,21)/t15-,16+/m1/s1. The lowest BCUT2D eigenvalue weighted by Gasteiger charge is -2.27. The Morgan fingerprint density at radius 3 is 2.96 bits per heavy atom. The molecule has 0 bridgehead atoms. The minimum atomic E-state index is -0.00194. The largest absolute Gasteiger partial charge is 0.380 e. The smallest absolute Gasteiger partial charge is 0.317 e. The van der Waals surface area contributed by atoms with Crippen molar-refractivity contribution in [2.45, 2.75) is 32.9 Å². The molecule has 0 aromatic heterocycles. The summed E-state index contributed by atoms with van der Waals surface area (Å²) in [5.74, 6) is 0.279. The van der Waals surface area contributed by atoms with Gasteiger partial charge in [0.15, 0.2) is 0 Å². The van der Waals surface area contributed by atoms with Gasteiger partial charge in [-0.25, -0.2) is 4.79 Å². The molecular formula is C18H28N2O3. The Hall–Kier alpha value is -1.59. The second-order valence-corrected chi connectivity index (χ2v) is 6.24. The predicted octanol–water partition coefficient (Wildman–Crippen LogP) is 2.66. The van der Waals surface area contributed by atoms with Crippen LogP contribution < -0.4 is 5.32 Å². The molecule has 23 heavy (non-hydrogen) atoms. The van der Waals surface area contributed by atoms with E-state index in [0.717, 1.165) is 13.0 Å². The van der Waals surface area contributed by atoms with Gasteiger partial charge in [0, 0.05) is 25.7 Å². The summed E-state index contributed by atoms with van der Waals surface area (Å²) in [6.45, 7) is 8.03. The van der Waals surface area contributed by atoms with E-state index >= 15 is 0 Å². The molecule has 1 aliphatic heterocycles. The fourth-order valence-electron chi connectivity index (χ4n) is 2.57. The highest BCUT2D eigenvalue weighted by atomic mass is 16.5. The summed E-state index contributed by atoms with van der Waals surface area (Å²) in [5.41, 5.74) is 1.17. The Balaban J connectivity index is 1.65. The summed E-state index contributed by atoms with van der Waals surface area (Å²) in [5, 5.41) is 3.01. The van der Waals surface area contributed by atoms with E-state index in [4.69, 9.17) is 9.47 Å². The minimum Gasteiger partial charge on any atom is -0.380 e.